The Labute approximate surface area is 130 Å². The number of carbonyl (C=O) groups excluding carboxylic acids is 1. The van der Waals surface area contributed by atoms with Gasteiger partial charge in [-0.2, -0.15) is 0 Å². The number of ether oxygens (including phenoxy) is 1. The van der Waals surface area contributed by atoms with E-state index >= 15 is 0 Å². The van der Waals surface area contributed by atoms with Crippen LogP contribution in [0.1, 0.15) is 0 Å². The van der Waals surface area contributed by atoms with Gasteiger partial charge in [0.2, 0.25) is 0 Å². The first kappa shape index (κ1) is 20.3. The summed E-state index contributed by atoms with van der Waals surface area (Å²) < 4.78 is 4.91. The molecule has 0 aromatic rings. The van der Waals surface area contributed by atoms with Gasteiger partial charge in [-0.05, 0) is 0 Å². The smallest absolute Gasteiger partial charge is 0.195 e. The third-order valence-electron chi connectivity index (χ3n) is 3.72. The average molecular weight is 342 g/mol. The molecule has 1 heterocycles. The maximum atomic E-state index is 12.1. The highest BCUT2D eigenvalue weighted by molar-refractivity contribution is 5.88. The van der Waals surface area contributed by atoms with E-state index in [1.807, 2.05) is 0 Å². The molecule has 23 heavy (non-hydrogen) atoms. The molecule has 1 fully saturated rings. The summed E-state index contributed by atoms with van der Waals surface area (Å²) >= 11 is 0. The summed E-state index contributed by atoms with van der Waals surface area (Å²) in [6.07, 6.45) is -17.2. The number of hydrogen-bond acceptors (Lipinski definition) is 11. The first-order valence-electron chi connectivity index (χ1n) is 6.84. The van der Waals surface area contributed by atoms with Gasteiger partial charge in [0, 0.05) is 0 Å². The fourth-order valence-electron chi connectivity index (χ4n) is 2.20. The Kier molecular flexibility index (Phi) is 7.41. The Bertz CT molecular complexity index is 389. The van der Waals surface area contributed by atoms with E-state index in [0.29, 0.717) is 0 Å². The van der Waals surface area contributed by atoms with Gasteiger partial charge in [0.15, 0.2) is 5.78 Å². The molecular weight excluding hydrogens is 320 g/mol. The number of aliphatic hydroxyl groups excluding tert-OH is 9. The maximum Gasteiger partial charge on any atom is 0.195 e. The summed E-state index contributed by atoms with van der Waals surface area (Å²) in [7, 11) is 0. The van der Waals surface area contributed by atoms with Gasteiger partial charge in [0.25, 0.3) is 0 Å². The van der Waals surface area contributed by atoms with E-state index in [4.69, 9.17) is 14.9 Å². The first-order valence-corrected chi connectivity index (χ1v) is 6.84. The van der Waals surface area contributed by atoms with Crippen molar-refractivity contribution in [2.24, 2.45) is 0 Å². The van der Waals surface area contributed by atoms with Gasteiger partial charge in [0.1, 0.15) is 54.9 Å². The lowest BCUT2D eigenvalue weighted by Gasteiger charge is -2.40. The Morgan fingerprint density at radius 2 is 1.48 bits per heavy atom. The molecule has 0 aromatic heterocycles. The molecule has 0 spiro atoms. The summed E-state index contributed by atoms with van der Waals surface area (Å²) in [5, 5.41) is 84.5. The van der Waals surface area contributed by atoms with Crippen LogP contribution in [0.15, 0.2) is 0 Å². The molecule has 9 N–H and O–H groups in total. The van der Waals surface area contributed by atoms with Crippen molar-refractivity contribution in [2.75, 3.05) is 13.2 Å². The number of rotatable bonds is 7. The molecule has 0 amide bonds. The zero-order chi connectivity index (χ0) is 17.9. The lowest BCUT2D eigenvalue weighted by molar-refractivity contribution is -0.231. The second kappa shape index (κ2) is 8.39. The van der Waals surface area contributed by atoms with Crippen LogP contribution in [0.3, 0.4) is 0 Å². The lowest BCUT2D eigenvalue weighted by atomic mass is 9.89. The second-order valence-electron chi connectivity index (χ2n) is 5.33. The highest BCUT2D eigenvalue weighted by Crippen LogP contribution is 2.23. The number of ketones is 1. The summed E-state index contributed by atoms with van der Waals surface area (Å²) in [5.74, 6) is -1.35. The monoisotopic (exact) mass is 342 g/mol. The summed E-state index contributed by atoms with van der Waals surface area (Å²) in [6.45, 7) is -1.74. The van der Waals surface area contributed by atoms with Gasteiger partial charge in [-0.15, -0.1) is 0 Å². The highest BCUT2D eigenvalue weighted by atomic mass is 16.5. The molecule has 1 aliphatic heterocycles. The molecule has 11 nitrogen and oxygen atoms in total. The fraction of sp³-hybridized carbons (Fsp3) is 0.917. The van der Waals surface area contributed by atoms with Gasteiger partial charge in [-0.3, -0.25) is 4.79 Å². The summed E-state index contributed by atoms with van der Waals surface area (Å²) in [5.41, 5.74) is 0. The maximum absolute atomic E-state index is 12.1. The van der Waals surface area contributed by atoms with Crippen LogP contribution in [0.5, 0.6) is 0 Å². The summed E-state index contributed by atoms with van der Waals surface area (Å²) in [6, 6.07) is 0. The third-order valence-corrected chi connectivity index (χ3v) is 3.72. The quantitative estimate of drug-likeness (QED) is 0.212. The topological polar surface area (TPSA) is 208 Å². The molecule has 0 saturated carbocycles. The molecule has 9 atom stereocenters. The van der Waals surface area contributed by atoms with Gasteiger partial charge >= 0.3 is 0 Å². The fourth-order valence-corrected chi connectivity index (χ4v) is 2.20. The molecule has 1 aliphatic rings. The zero-order valence-electron chi connectivity index (χ0n) is 12.0. The van der Waals surface area contributed by atoms with Gasteiger partial charge in [-0.1, -0.05) is 0 Å². The van der Waals surface area contributed by atoms with Gasteiger partial charge in [0.05, 0.1) is 13.2 Å². The minimum atomic E-state index is -2.33. The van der Waals surface area contributed by atoms with Crippen LogP contribution in [-0.2, 0) is 9.53 Å². The number of Topliss-reactive ketones (excluding diaryl/α,β-unsaturated/α-hetero) is 1. The molecular formula is C12H22O11. The molecule has 0 radical (unpaired) electrons. The standard InChI is InChI=1S/C12H22O11/c13-1-3(15)5(16)7(18)9(20)11(22)12-10(21)8(19)6(17)4(2-14)23-12/h3-10,12-21H,1-2H2/t3-,4+,5+,6+,7+,8-,9-,10+,12?/m0/s1. The van der Waals surface area contributed by atoms with Crippen LogP contribution in [0.2, 0.25) is 0 Å². The molecule has 1 saturated heterocycles. The van der Waals surface area contributed by atoms with E-state index in [1.54, 1.807) is 0 Å². The van der Waals surface area contributed by atoms with Crippen molar-refractivity contribution in [3.63, 3.8) is 0 Å². The van der Waals surface area contributed by atoms with Crippen molar-refractivity contribution in [2.45, 2.75) is 54.9 Å². The van der Waals surface area contributed by atoms with Crippen molar-refractivity contribution >= 4 is 5.78 Å². The minimum Gasteiger partial charge on any atom is -0.394 e. The van der Waals surface area contributed by atoms with Crippen LogP contribution >= 0.6 is 0 Å². The molecule has 11 heteroatoms. The highest BCUT2D eigenvalue weighted by Gasteiger charge is 2.49. The largest absolute Gasteiger partial charge is 0.394 e. The predicted octanol–water partition coefficient (Wildman–Crippen LogP) is -6.17. The van der Waals surface area contributed by atoms with E-state index in [2.05, 4.69) is 0 Å². The molecule has 136 valence electrons. The van der Waals surface area contributed by atoms with Crippen molar-refractivity contribution in [3.05, 3.63) is 0 Å². The minimum absolute atomic E-state index is 0.792. The third kappa shape index (κ3) is 4.22. The normalized spacial score (nSPS) is 37.0. The zero-order valence-corrected chi connectivity index (χ0v) is 12.0. The van der Waals surface area contributed by atoms with E-state index in [-0.39, 0.29) is 0 Å². The van der Waals surface area contributed by atoms with Crippen LogP contribution in [0.4, 0.5) is 0 Å². The van der Waals surface area contributed by atoms with Crippen molar-refractivity contribution < 1.29 is 55.5 Å². The van der Waals surface area contributed by atoms with Crippen LogP contribution in [0.25, 0.3) is 0 Å². The Morgan fingerprint density at radius 1 is 0.913 bits per heavy atom. The predicted molar refractivity (Wildman–Crippen MR) is 69.9 cm³/mol. The van der Waals surface area contributed by atoms with Crippen molar-refractivity contribution in [3.8, 4) is 0 Å². The van der Waals surface area contributed by atoms with Gasteiger partial charge < -0.3 is 50.7 Å². The van der Waals surface area contributed by atoms with E-state index in [1.165, 1.54) is 0 Å². The molecule has 0 aromatic carbocycles. The molecule has 1 unspecified atom stereocenters. The van der Waals surface area contributed by atoms with Crippen molar-refractivity contribution in [1.29, 1.82) is 0 Å². The summed E-state index contributed by atoms with van der Waals surface area (Å²) in [4.78, 5) is 12.1. The van der Waals surface area contributed by atoms with E-state index in [9.17, 15) is 40.5 Å². The lowest BCUT2D eigenvalue weighted by Crippen LogP contribution is -2.63. The van der Waals surface area contributed by atoms with E-state index < -0.39 is 73.9 Å². The Hall–Kier alpha value is -0.730. The second-order valence-corrected chi connectivity index (χ2v) is 5.33. The van der Waals surface area contributed by atoms with Crippen LogP contribution in [0, 0.1) is 0 Å². The Balaban J connectivity index is 2.85. The SMILES string of the molecule is O=C(C1O[C@H](CO)[C@@H](O)[C@H](O)[C@H]1O)[C@@H](O)[C@H](O)[C@H](O)[C@@H](O)CO. The van der Waals surface area contributed by atoms with Crippen molar-refractivity contribution in [1.82, 2.24) is 0 Å². The average Bonchev–Trinajstić information content (AvgIpc) is 2.56. The first-order chi connectivity index (χ1) is 10.7. The van der Waals surface area contributed by atoms with Crippen LogP contribution < -0.4 is 0 Å². The molecule has 0 aliphatic carbocycles. The van der Waals surface area contributed by atoms with Gasteiger partial charge in [-0.25, -0.2) is 0 Å². The van der Waals surface area contributed by atoms with Crippen LogP contribution in [-0.4, -0.2) is 120 Å². The molecule has 1 rings (SSSR count). The number of aliphatic hydroxyl groups is 9. The number of carbonyl (C=O) groups is 1. The van der Waals surface area contributed by atoms with E-state index in [0.717, 1.165) is 0 Å². The number of hydrogen-bond donors (Lipinski definition) is 9. The Morgan fingerprint density at radius 3 is 1.96 bits per heavy atom. The molecule has 0 bridgehead atoms.